The van der Waals surface area contributed by atoms with Crippen LogP contribution >= 0.6 is 11.3 Å². The van der Waals surface area contributed by atoms with Crippen LogP contribution < -0.4 is 10.2 Å². The topological polar surface area (TPSA) is 130 Å². The van der Waals surface area contributed by atoms with Gasteiger partial charge in [-0.15, -0.1) is 11.3 Å². The highest BCUT2D eigenvalue weighted by atomic mass is 32.2. The van der Waals surface area contributed by atoms with Crippen molar-refractivity contribution in [3.63, 3.8) is 0 Å². The maximum atomic E-state index is 14.1. The van der Waals surface area contributed by atoms with Gasteiger partial charge in [-0.1, -0.05) is 18.8 Å². The lowest BCUT2D eigenvalue weighted by Crippen LogP contribution is -2.49. The summed E-state index contributed by atoms with van der Waals surface area (Å²) in [4.78, 5) is 41.3. The van der Waals surface area contributed by atoms with E-state index in [1.54, 1.807) is 11.0 Å². The number of hydrogen-bond donors (Lipinski definition) is 2. The fourth-order valence-corrected chi connectivity index (χ4v) is 8.34. The van der Waals surface area contributed by atoms with E-state index in [2.05, 4.69) is 24.1 Å². The number of nitrogens with one attached hydrogen (secondary N) is 1. The van der Waals surface area contributed by atoms with Crippen molar-refractivity contribution < 1.29 is 32.6 Å². The Labute approximate surface area is 247 Å². The molecule has 2 N–H and O–H groups in total. The Morgan fingerprint density at radius 2 is 1.71 bits per heavy atom. The van der Waals surface area contributed by atoms with Crippen LogP contribution in [-0.4, -0.2) is 61.2 Å². The van der Waals surface area contributed by atoms with Crippen LogP contribution in [0.25, 0.3) is 0 Å². The van der Waals surface area contributed by atoms with Crippen LogP contribution in [0, 0.1) is 29.1 Å². The van der Waals surface area contributed by atoms with Gasteiger partial charge in [0, 0.05) is 23.4 Å². The molecular weight excluding hydrogens is 564 g/mol. The molecule has 0 radical (unpaired) electrons. The smallest absolute Gasteiger partial charge is 0.407 e. The van der Waals surface area contributed by atoms with E-state index in [1.807, 2.05) is 20.8 Å². The molecule has 0 aromatic carbocycles. The molecule has 1 atom stereocenters. The Morgan fingerprint density at radius 1 is 1.05 bits per heavy atom. The van der Waals surface area contributed by atoms with E-state index in [-0.39, 0.29) is 45.7 Å². The minimum Gasteiger partial charge on any atom is -0.477 e. The first-order chi connectivity index (χ1) is 19.2. The van der Waals surface area contributed by atoms with Gasteiger partial charge in [-0.2, -0.15) is 0 Å². The van der Waals surface area contributed by atoms with Crippen molar-refractivity contribution in [1.82, 2.24) is 5.32 Å². The number of carboxylic acid groups (broad SMARTS) is 1. The Balaban J connectivity index is 1.51. The highest BCUT2D eigenvalue weighted by molar-refractivity contribution is 7.91. The molecular formula is C30H42N2O7S2. The van der Waals surface area contributed by atoms with Crippen LogP contribution in [0.5, 0.6) is 0 Å². The molecule has 3 aliphatic rings. The fourth-order valence-electron chi connectivity index (χ4n) is 5.91. The maximum absolute atomic E-state index is 14.1. The number of rotatable bonds is 6. The predicted octanol–water partition coefficient (Wildman–Crippen LogP) is 5.23. The van der Waals surface area contributed by atoms with E-state index >= 15 is 0 Å². The van der Waals surface area contributed by atoms with Crippen LogP contribution in [-0.2, 0) is 19.4 Å². The minimum absolute atomic E-state index is 0.0224. The van der Waals surface area contributed by atoms with Gasteiger partial charge in [0.2, 0.25) is 5.91 Å². The van der Waals surface area contributed by atoms with Crippen LogP contribution in [0.3, 0.4) is 0 Å². The second kappa shape index (κ2) is 12.7. The number of carbonyl (C=O) groups is 3. The molecule has 226 valence electrons. The number of aromatic carboxylic acids is 1. The SMILES string of the molecule is CC1CCC(C(=O)N(c2cc(C#CC(C)(C)C)sc2C(=O)O)C2CCC(NC(=O)OC3CCS(=O)(=O)C3)CC2)CC1. The summed E-state index contributed by atoms with van der Waals surface area (Å²) < 4.78 is 28.7. The van der Waals surface area contributed by atoms with E-state index in [0.717, 1.165) is 37.0 Å². The van der Waals surface area contributed by atoms with Gasteiger partial charge in [-0.3, -0.25) is 4.79 Å². The Morgan fingerprint density at radius 3 is 2.27 bits per heavy atom. The number of amides is 2. The van der Waals surface area contributed by atoms with Crippen LogP contribution in [0.15, 0.2) is 6.07 Å². The van der Waals surface area contributed by atoms with Crippen molar-refractivity contribution in [2.24, 2.45) is 17.3 Å². The number of carboxylic acids is 1. The number of thiophene rings is 1. The summed E-state index contributed by atoms with van der Waals surface area (Å²) in [6.07, 6.45) is 4.98. The summed E-state index contributed by atoms with van der Waals surface area (Å²) in [6, 6.07) is 1.39. The molecule has 1 saturated heterocycles. The average molecular weight is 607 g/mol. The van der Waals surface area contributed by atoms with Gasteiger partial charge in [-0.05, 0) is 90.5 Å². The predicted molar refractivity (Wildman–Crippen MR) is 159 cm³/mol. The lowest BCUT2D eigenvalue weighted by atomic mass is 9.81. The number of ether oxygens (including phenoxy) is 1. The second-order valence-corrected chi connectivity index (χ2v) is 16.2. The van der Waals surface area contributed by atoms with Crippen molar-refractivity contribution in [3.8, 4) is 11.8 Å². The zero-order valence-corrected chi connectivity index (χ0v) is 26.0. The molecule has 0 bridgehead atoms. The summed E-state index contributed by atoms with van der Waals surface area (Å²) >= 11 is 1.11. The molecule has 11 heteroatoms. The van der Waals surface area contributed by atoms with Crippen molar-refractivity contribution in [2.75, 3.05) is 16.4 Å². The molecule has 1 aromatic heterocycles. The summed E-state index contributed by atoms with van der Waals surface area (Å²) in [5.74, 6) is 5.51. The number of sulfone groups is 1. The van der Waals surface area contributed by atoms with Crippen LogP contribution in [0.2, 0.25) is 0 Å². The van der Waals surface area contributed by atoms with E-state index in [1.165, 1.54) is 0 Å². The first kappa shape index (κ1) is 31.4. The van der Waals surface area contributed by atoms with E-state index in [4.69, 9.17) is 4.74 Å². The Hall–Kier alpha value is -2.58. The lowest BCUT2D eigenvalue weighted by Gasteiger charge is -2.39. The molecule has 4 rings (SSSR count). The van der Waals surface area contributed by atoms with Crippen molar-refractivity contribution in [3.05, 3.63) is 15.8 Å². The highest BCUT2D eigenvalue weighted by Gasteiger charge is 2.38. The molecule has 3 fully saturated rings. The zero-order chi connectivity index (χ0) is 29.9. The van der Waals surface area contributed by atoms with Crippen molar-refractivity contribution >= 4 is 44.8 Å². The molecule has 2 saturated carbocycles. The molecule has 2 amide bonds. The molecule has 1 aromatic rings. The molecule has 0 spiro atoms. The third kappa shape index (κ3) is 8.48. The molecule has 41 heavy (non-hydrogen) atoms. The van der Waals surface area contributed by atoms with E-state index in [0.29, 0.717) is 48.6 Å². The maximum Gasteiger partial charge on any atom is 0.407 e. The first-order valence-corrected chi connectivity index (χ1v) is 17.3. The molecule has 2 heterocycles. The third-order valence-corrected chi connectivity index (χ3v) is 10.9. The highest BCUT2D eigenvalue weighted by Crippen LogP contribution is 2.39. The summed E-state index contributed by atoms with van der Waals surface area (Å²) in [5, 5.41) is 13.0. The van der Waals surface area contributed by atoms with E-state index < -0.39 is 28.0 Å². The number of alkyl carbamates (subject to hydrolysis) is 1. The second-order valence-electron chi connectivity index (χ2n) is 12.9. The monoisotopic (exact) mass is 606 g/mol. The van der Waals surface area contributed by atoms with Gasteiger partial charge < -0.3 is 20.1 Å². The summed E-state index contributed by atoms with van der Waals surface area (Å²) in [7, 11) is -3.15. The normalized spacial score (nSPS) is 27.8. The number of anilines is 1. The molecule has 9 nitrogen and oxygen atoms in total. The largest absolute Gasteiger partial charge is 0.477 e. The zero-order valence-electron chi connectivity index (χ0n) is 24.4. The number of nitrogens with zero attached hydrogens (tertiary/aromatic N) is 1. The Bertz CT molecular complexity index is 1300. The molecule has 2 aliphatic carbocycles. The fraction of sp³-hybridized carbons (Fsp3) is 0.700. The number of hydrogen-bond acceptors (Lipinski definition) is 7. The summed E-state index contributed by atoms with van der Waals surface area (Å²) in [5.41, 5.74) is 0.169. The van der Waals surface area contributed by atoms with Gasteiger partial charge in [0.05, 0.1) is 22.1 Å². The van der Waals surface area contributed by atoms with Crippen molar-refractivity contribution in [1.29, 1.82) is 0 Å². The molecule has 1 unspecified atom stereocenters. The van der Waals surface area contributed by atoms with Gasteiger partial charge in [0.1, 0.15) is 11.0 Å². The lowest BCUT2D eigenvalue weighted by molar-refractivity contribution is -0.124. The standard InChI is InChI=1S/C30H42N2O7S2/c1-19-5-7-20(8-6-19)27(33)32(25-17-24(13-15-30(2,3)4)40-26(25)28(34)35)22-11-9-21(10-12-22)31-29(36)39-23-14-16-41(37,38)18-23/h17,19-23H,5-12,14,16,18H2,1-4H3,(H,31,36)(H,34,35). The average Bonchev–Trinajstić information content (AvgIpc) is 3.46. The van der Waals surface area contributed by atoms with Gasteiger partial charge in [-0.25, -0.2) is 18.0 Å². The third-order valence-electron chi connectivity index (χ3n) is 8.18. The summed E-state index contributed by atoms with van der Waals surface area (Å²) in [6.45, 7) is 8.17. The quantitative estimate of drug-likeness (QED) is 0.424. The minimum atomic E-state index is -3.15. The van der Waals surface area contributed by atoms with Gasteiger partial charge in [0.25, 0.3) is 0 Å². The van der Waals surface area contributed by atoms with Gasteiger partial charge >= 0.3 is 12.1 Å². The van der Waals surface area contributed by atoms with Crippen molar-refractivity contribution in [2.45, 2.75) is 104 Å². The Kier molecular flexibility index (Phi) is 9.74. The number of carbonyl (C=O) groups excluding carboxylic acids is 2. The van der Waals surface area contributed by atoms with Crippen LogP contribution in [0.1, 0.15) is 100 Å². The van der Waals surface area contributed by atoms with Gasteiger partial charge in [0.15, 0.2) is 9.84 Å². The van der Waals surface area contributed by atoms with Crippen LogP contribution in [0.4, 0.5) is 10.5 Å². The first-order valence-electron chi connectivity index (χ1n) is 14.6. The molecule has 1 aliphatic heterocycles. The van der Waals surface area contributed by atoms with E-state index in [9.17, 15) is 27.9 Å².